The van der Waals surface area contributed by atoms with E-state index in [1.54, 1.807) is 19.1 Å². The van der Waals surface area contributed by atoms with Crippen LogP contribution < -0.4 is 15.1 Å². The van der Waals surface area contributed by atoms with E-state index >= 15 is 0 Å². The van der Waals surface area contributed by atoms with Crippen LogP contribution in [0.1, 0.15) is 33.6 Å². The molecule has 3 aromatic carbocycles. The highest BCUT2D eigenvalue weighted by Gasteiger charge is 2.56. The van der Waals surface area contributed by atoms with Crippen LogP contribution in [0.3, 0.4) is 0 Å². The Hall–Kier alpha value is -4.07. The van der Waals surface area contributed by atoms with E-state index in [0.29, 0.717) is 21.2 Å². The summed E-state index contributed by atoms with van der Waals surface area (Å²) < 4.78 is 20.7. The number of carbonyl (C=O) groups is 4. The van der Waals surface area contributed by atoms with E-state index in [4.69, 9.17) is 4.74 Å². The Kier molecular flexibility index (Phi) is 8.27. The predicted molar refractivity (Wildman–Crippen MR) is 168 cm³/mol. The second kappa shape index (κ2) is 12.1. The summed E-state index contributed by atoms with van der Waals surface area (Å²) in [6, 6.07) is 18.7. The molecule has 0 spiro atoms. The molecule has 4 aromatic rings. The number of rotatable bonds is 7. The zero-order chi connectivity index (χ0) is 31.1. The Morgan fingerprint density at radius 2 is 1.73 bits per heavy atom. The number of hydrogen-bond donors (Lipinski definition) is 1. The topological polar surface area (TPSA) is 115 Å². The number of benzene rings is 3. The molecule has 9 nitrogen and oxygen atoms in total. The molecule has 3 unspecified atom stereocenters. The molecule has 3 heterocycles. The monoisotopic (exact) mass is 695 g/mol. The van der Waals surface area contributed by atoms with E-state index in [2.05, 4.69) is 21.2 Å². The summed E-state index contributed by atoms with van der Waals surface area (Å²) in [5.74, 6) is -3.82. The maximum Gasteiger partial charge on any atom is 0.338 e. The highest BCUT2D eigenvalue weighted by atomic mass is 79.9. The molecule has 3 amide bonds. The maximum absolute atomic E-state index is 13.9. The van der Waals surface area contributed by atoms with Crippen molar-refractivity contribution in [2.45, 2.75) is 29.7 Å². The van der Waals surface area contributed by atoms with Gasteiger partial charge in [-0.2, -0.15) is 0 Å². The molecule has 0 radical (unpaired) electrons. The molecule has 44 heavy (non-hydrogen) atoms. The van der Waals surface area contributed by atoms with E-state index in [9.17, 15) is 28.4 Å². The molecular formula is C31H23BrFN3O6S2. The number of thiazole rings is 1. The summed E-state index contributed by atoms with van der Waals surface area (Å²) in [5, 5.41) is 2.31. The lowest BCUT2D eigenvalue weighted by molar-refractivity contribution is -0.122. The van der Waals surface area contributed by atoms with E-state index in [0.717, 1.165) is 38.0 Å². The number of carbonyl (C=O) groups excluding carboxylic acids is 4. The highest BCUT2D eigenvalue weighted by molar-refractivity contribution is 9.10. The summed E-state index contributed by atoms with van der Waals surface area (Å²) in [6.45, 7) is 1.62. The van der Waals surface area contributed by atoms with Crippen molar-refractivity contribution in [1.82, 2.24) is 4.57 Å². The van der Waals surface area contributed by atoms with Gasteiger partial charge < -0.3 is 10.1 Å². The smallest absolute Gasteiger partial charge is 0.338 e. The second-order valence-electron chi connectivity index (χ2n) is 10.1. The number of amides is 3. The molecule has 1 saturated heterocycles. The fourth-order valence-corrected chi connectivity index (χ4v) is 8.60. The van der Waals surface area contributed by atoms with Gasteiger partial charge in [-0.25, -0.2) is 14.1 Å². The van der Waals surface area contributed by atoms with Crippen molar-refractivity contribution in [3.8, 4) is 0 Å². The fraction of sp³-hybridized carbons (Fsp3) is 0.194. The van der Waals surface area contributed by atoms with E-state index in [1.165, 1.54) is 41.0 Å². The molecule has 6 rings (SSSR count). The zero-order valence-corrected chi connectivity index (χ0v) is 26.2. The standard InChI is InChI=1S/C31H23BrFN3O6S2/c1-2-42-30(40)16-6-10-20(11-7-16)34-22(37)15-35-29-26(44-31(35)41)23(17-4-3-5-18(32)14-17)24-25(43-29)28(39)36(27(24)38)21-12-8-19(33)9-13-21/h3-14,23-25H,2,15H2,1H3,(H,34,37). The third-order valence-electron chi connectivity index (χ3n) is 7.32. The largest absolute Gasteiger partial charge is 0.462 e. The molecule has 1 N–H and O–H groups in total. The van der Waals surface area contributed by atoms with Crippen LogP contribution in [0, 0.1) is 11.7 Å². The van der Waals surface area contributed by atoms with Crippen LogP contribution in [0.25, 0.3) is 0 Å². The molecule has 2 aliphatic rings. The van der Waals surface area contributed by atoms with E-state index in [1.807, 2.05) is 24.3 Å². The van der Waals surface area contributed by atoms with Crippen LogP contribution in [-0.2, 0) is 25.7 Å². The van der Waals surface area contributed by atoms with Crippen molar-refractivity contribution in [2.75, 3.05) is 16.8 Å². The van der Waals surface area contributed by atoms with Crippen LogP contribution >= 0.6 is 39.0 Å². The molecular weight excluding hydrogens is 673 g/mol. The van der Waals surface area contributed by atoms with Crippen molar-refractivity contribution in [3.63, 3.8) is 0 Å². The number of nitrogens with one attached hydrogen (secondary N) is 1. The van der Waals surface area contributed by atoms with Gasteiger partial charge in [-0.15, -0.1) is 0 Å². The maximum atomic E-state index is 13.9. The normalized spacial score (nSPS) is 19.0. The third kappa shape index (κ3) is 5.51. The predicted octanol–water partition coefficient (Wildman–Crippen LogP) is 5.42. The van der Waals surface area contributed by atoms with Crippen LogP contribution in [0.4, 0.5) is 15.8 Å². The molecule has 13 heteroatoms. The van der Waals surface area contributed by atoms with Crippen molar-refractivity contribution in [2.24, 2.45) is 5.92 Å². The summed E-state index contributed by atoms with van der Waals surface area (Å²) in [6.07, 6.45) is 0. The molecule has 2 aliphatic heterocycles. The van der Waals surface area contributed by atoms with Crippen molar-refractivity contribution >= 4 is 74.1 Å². The van der Waals surface area contributed by atoms with Gasteiger partial charge in [0.05, 0.1) is 28.8 Å². The zero-order valence-electron chi connectivity index (χ0n) is 23.0. The minimum Gasteiger partial charge on any atom is -0.462 e. The summed E-state index contributed by atoms with van der Waals surface area (Å²) >= 11 is 5.52. The first kappa shape index (κ1) is 30.0. The van der Waals surface area contributed by atoms with Gasteiger partial charge in [-0.1, -0.05) is 51.2 Å². The summed E-state index contributed by atoms with van der Waals surface area (Å²) in [5.41, 5.74) is 1.76. The van der Waals surface area contributed by atoms with Crippen molar-refractivity contribution in [3.05, 3.63) is 109 Å². The van der Waals surface area contributed by atoms with Gasteiger partial charge in [0.2, 0.25) is 17.7 Å². The number of aromatic nitrogens is 1. The van der Waals surface area contributed by atoms with Crippen LogP contribution in [0.15, 0.2) is 87.1 Å². The average Bonchev–Trinajstić information content (AvgIpc) is 3.44. The fourth-order valence-electron chi connectivity index (χ4n) is 5.41. The Labute approximate surface area is 267 Å². The molecule has 1 fully saturated rings. The number of thioether (sulfide) groups is 1. The first-order valence-electron chi connectivity index (χ1n) is 13.5. The van der Waals surface area contributed by atoms with Gasteiger partial charge in [0, 0.05) is 21.0 Å². The minimum atomic E-state index is -0.872. The number of nitrogens with zero attached hydrogens (tertiary/aromatic N) is 2. The van der Waals surface area contributed by atoms with Gasteiger partial charge in [-0.3, -0.25) is 23.7 Å². The molecule has 0 aliphatic carbocycles. The Morgan fingerprint density at radius 1 is 1.00 bits per heavy atom. The van der Waals surface area contributed by atoms with Gasteiger partial charge >= 0.3 is 10.8 Å². The van der Waals surface area contributed by atoms with Gasteiger partial charge in [0.25, 0.3) is 0 Å². The average molecular weight is 697 g/mol. The number of esters is 1. The van der Waals surface area contributed by atoms with Gasteiger partial charge in [0.15, 0.2) is 0 Å². The Bertz CT molecular complexity index is 1860. The number of fused-ring (bicyclic) bond motifs is 2. The molecule has 3 atom stereocenters. The van der Waals surface area contributed by atoms with Crippen molar-refractivity contribution < 1.29 is 28.3 Å². The van der Waals surface area contributed by atoms with Gasteiger partial charge in [-0.05, 0) is 73.2 Å². The molecule has 0 bridgehead atoms. The van der Waals surface area contributed by atoms with Crippen molar-refractivity contribution in [1.29, 1.82) is 0 Å². The summed E-state index contributed by atoms with van der Waals surface area (Å²) in [4.78, 5) is 67.3. The quantitative estimate of drug-likeness (QED) is 0.203. The number of imide groups is 1. The molecule has 224 valence electrons. The van der Waals surface area contributed by atoms with Crippen LogP contribution in [0.5, 0.6) is 0 Å². The lowest BCUT2D eigenvalue weighted by Gasteiger charge is -2.30. The molecule has 1 aromatic heterocycles. The second-order valence-corrected chi connectivity index (χ2v) is 13.1. The number of anilines is 2. The first-order valence-corrected chi connectivity index (χ1v) is 16.0. The lowest BCUT2D eigenvalue weighted by atomic mass is 9.83. The number of halogens is 2. The number of ether oxygens (including phenoxy) is 1. The first-order chi connectivity index (χ1) is 21.2. The van der Waals surface area contributed by atoms with Crippen LogP contribution in [0.2, 0.25) is 0 Å². The lowest BCUT2D eigenvalue weighted by Crippen LogP contribution is -2.33. The summed E-state index contributed by atoms with van der Waals surface area (Å²) in [7, 11) is 0. The Morgan fingerprint density at radius 3 is 2.41 bits per heavy atom. The SMILES string of the molecule is CCOC(=O)c1ccc(NC(=O)Cn2c3c(sc2=O)C(c2cccc(Br)c2)C2C(=O)N(c4ccc(F)cc4)C(=O)C2S3)cc1. The minimum absolute atomic E-state index is 0.239. The number of hydrogen-bond acceptors (Lipinski definition) is 8. The third-order valence-corrected chi connectivity index (χ3v) is 10.4. The Balaban J connectivity index is 1.33. The van der Waals surface area contributed by atoms with E-state index < -0.39 is 51.5 Å². The van der Waals surface area contributed by atoms with Crippen LogP contribution in [-0.4, -0.2) is 40.1 Å². The van der Waals surface area contributed by atoms with Gasteiger partial charge in [0.1, 0.15) is 17.6 Å². The van der Waals surface area contributed by atoms with E-state index in [-0.39, 0.29) is 18.8 Å². The highest BCUT2D eigenvalue weighted by Crippen LogP contribution is 2.54. The molecule has 0 saturated carbocycles.